The van der Waals surface area contributed by atoms with Crippen LogP contribution in [-0.2, 0) is 14.3 Å². The van der Waals surface area contributed by atoms with Gasteiger partial charge < -0.3 is 20.1 Å². The van der Waals surface area contributed by atoms with E-state index in [4.69, 9.17) is 5.11 Å². The minimum absolute atomic E-state index is 0.0692. The number of amides is 2. The summed E-state index contributed by atoms with van der Waals surface area (Å²) in [6, 6.07) is -0.775. The number of esters is 1. The van der Waals surface area contributed by atoms with Crippen molar-refractivity contribution >= 4 is 18.0 Å². The summed E-state index contributed by atoms with van der Waals surface area (Å²) in [6.45, 7) is -1.11. The molecule has 1 rings (SSSR count). The van der Waals surface area contributed by atoms with Crippen molar-refractivity contribution in [3.05, 3.63) is 0 Å². The third-order valence-electron chi connectivity index (χ3n) is 3.41. The highest BCUT2D eigenvalue weighted by molar-refractivity contribution is 5.77. The Hall–Kier alpha value is -2.00. The third kappa shape index (κ3) is 4.78. The fraction of sp³-hybridized carbons (Fsp3) is 0.750. The summed E-state index contributed by atoms with van der Waals surface area (Å²) in [4.78, 5) is 34.3. The van der Waals surface area contributed by atoms with Crippen molar-refractivity contribution in [3.63, 3.8) is 0 Å². The molecule has 0 aromatic carbocycles. The molecule has 0 radical (unpaired) electrons. The molecule has 10 heteroatoms. The summed E-state index contributed by atoms with van der Waals surface area (Å²) in [7, 11) is 1.22. The number of alkyl halides is 3. The van der Waals surface area contributed by atoms with E-state index in [-0.39, 0.29) is 19.4 Å². The molecule has 1 heterocycles. The van der Waals surface area contributed by atoms with E-state index in [1.807, 2.05) is 0 Å². The Labute approximate surface area is 124 Å². The first-order valence-corrected chi connectivity index (χ1v) is 6.56. The van der Waals surface area contributed by atoms with Crippen molar-refractivity contribution in [3.8, 4) is 0 Å². The molecule has 2 N–H and O–H groups in total. The maximum atomic E-state index is 12.8. The Morgan fingerprint density at radius 3 is 2.41 bits per heavy atom. The largest absolute Gasteiger partial charge is 0.481 e. The topological polar surface area (TPSA) is 95.9 Å². The molecule has 0 unspecified atom stereocenters. The first-order chi connectivity index (χ1) is 10.2. The number of carboxylic acid groups (broad SMARTS) is 1. The normalized spacial score (nSPS) is 21.5. The van der Waals surface area contributed by atoms with Gasteiger partial charge in [-0.2, -0.15) is 13.2 Å². The van der Waals surface area contributed by atoms with Crippen LogP contribution < -0.4 is 5.32 Å². The van der Waals surface area contributed by atoms with Gasteiger partial charge in [-0.25, -0.2) is 4.79 Å². The molecule has 0 saturated carbocycles. The lowest BCUT2D eigenvalue weighted by Gasteiger charge is -2.18. The van der Waals surface area contributed by atoms with Crippen LogP contribution in [0.4, 0.5) is 18.0 Å². The number of methoxy groups -OCH3 is 1. The predicted octanol–water partition coefficient (Wildman–Crippen LogP) is 0.844. The van der Waals surface area contributed by atoms with E-state index in [0.717, 1.165) is 4.90 Å². The van der Waals surface area contributed by atoms with Crippen LogP contribution in [0.25, 0.3) is 0 Å². The second-order valence-electron chi connectivity index (χ2n) is 4.91. The number of ether oxygens (including phenoxy) is 1. The van der Waals surface area contributed by atoms with Crippen molar-refractivity contribution in [1.82, 2.24) is 10.2 Å². The van der Waals surface area contributed by atoms with Crippen molar-refractivity contribution < 1.29 is 37.4 Å². The molecule has 22 heavy (non-hydrogen) atoms. The van der Waals surface area contributed by atoms with Crippen LogP contribution in [-0.4, -0.2) is 60.9 Å². The van der Waals surface area contributed by atoms with Gasteiger partial charge in [0.25, 0.3) is 0 Å². The van der Waals surface area contributed by atoms with E-state index in [1.54, 1.807) is 0 Å². The number of nitrogens with one attached hydrogen (secondary N) is 1. The van der Waals surface area contributed by atoms with Crippen LogP contribution in [0, 0.1) is 11.8 Å². The van der Waals surface area contributed by atoms with E-state index >= 15 is 0 Å². The number of halogens is 3. The van der Waals surface area contributed by atoms with Gasteiger partial charge in [0.2, 0.25) is 0 Å². The number of urea groups is 1. The highest BCUT2D eigenvalue weighted by Gasteiger charge is 2.53. The quantitative estimate of drug-likeness (QED) is 0.577. The predicted molar refractivity (Wildman–Crippen MR) is 66.9 cm³/mol. The highest BCUT2D eigenvalue weighted by Crippen LogP contribution is 2.37. The van der Waals surface area contributed by atoms with Gasteiger partial charge in [0.15, 0.2) is 0 Å². The van der Waals surface area contributed by atoms with Crippen LogP contribution in [0.15, 0.2) is 0 Å². The minimum atomic E-state index is -4.68. The average molecular weight is 326 g/mol. The molecule has 126 valence electrons. The van der Waals surface area contributed by atoms with Gasteiger partial charge >= 0.3 is 24.1 Å². The monoisotopic (exact) mass is 326 g/mol. The van der Waals surface area contributed by atoms with Crippen LogP contribution in [0.5, 0.6) is 0 Å². The molecule has 0 aliphatic carbocycles. The summed E-state index contributed by atoms with van der Waals surface area (Å²) >= 11 is 0. The zero-order valence-corrected chi connectivity index (χ0v) is 11.9. The number of aliphatic carboxylic acids is 1. The van der Waals surface area contributed by atoms with E-state index in [9.17, 15) is 27.6 Å². The van der Waals surface area contributed by atoms with Crippen LogP contribution in [0.3, 0.4) is 0 Å². The molecule has 1 fully saturated rings. The summed E-state index contributed by atoms with van der Waals surface area (Å²) in [5.74, 6) is -5.78. The van der Waals surface area contributed by atoms with Gasteiger partial charge in [-0.3, -0.25) is 9.59 Å². The Kier molecular flexibility index (Phi) is 6.01. The van der Waals surface area contributed by atoms with Gasteiger partial charge in [-0.15, -0.1) is 0 Å². The number of hydrogen-bond acceptors (Lipinski definition) is 4. The number of carboxylic acids is 1. The maximum absolute atomic E-state index is 12.8. The number of carbonyl (C=O) groups excluding carboxylic acids is 2. The fourth-order valence-electron chi connectivity index (χ4n) is 2.19. The highest BCUT2D eigenvalue weighted by atomic mass is 19.4. The molecule has 1 saturated heterocycles. The van der Waals surface area contributed by atoms with E-state index in [1.165, 1.54) is 7.11 Å². The molecule has 0 bridgehead atoms. The van der Waals surface area contributed by atoms with Crippen LogP contribution in [0.1, 0.15) is 12.8 Å². The Morgan fingerprint density at radius 1 is 1.32 bits per heavy atom. The number of likely N-dealkylation sites (tertiary alicyclic amines) is 1. The first-order valence-electron chi connectivity index (χ1n) is 6.56. The van der Waals surface area contributed by atoms with Crippen molar-refractivity contribution in [2.24, 2.45) is 11.8 Å². The Bertz CT molecular complexity index is 441. The van der Waals surface area contributed by atoms with Gasteiger partial charge in [-0.05, 0) is 6.42 Å². The summed E-state index contributed by atoms with van der Waals surface area (Å²) in [6.07, 6.45) is -4.33. The molecule has 1 aliphatic rings. The first kappa shape index (κ1) is 18.1. The zero-order valence-electron chi connectivity index (χ0n) is 11.9. The number of rotatable bonds is 5. The molecule has 0 spiro atoms. The number of carbonyl (C=O) groups is 3. The van der Waals surface area contributed by atoms with E-state index in [0.29, 0.717) is 0 Å². The molecule has 7 nitrogen and oxygen atoms in total. The van der Waals surface area contributed by atoms with Gasteiger partial charge in [0, 0.05) is 26.1 Å². The Morgan fingerprint density at radius 2 is 1.95 bits per heavy atom. The second-order valence-corrected chi connectivity index (χ2v) is 4.91. The lowest BCUT2D eigenvalue weighted by molar-refractivity contribution is -0.187. The lowest BCUT2D eigenvalue weighted by Crippen LogP contribution is -2.40. The summed E-state index contributed by atoms with van der Waals surface area (Å²) in [5.41, 5.74) is 0. The standard InChI is InChI=1S/C12H17F3N2O5/c1-22-9(18)3-2-4-16-11(21)17-5-7(10(19)20)8(6-17)12(13,14)15/h7-8H,2-6H2,1H3,(H,16,21)(H,19,20)/t7-,8-/m1/s1. The smallest absolute Gasteiger partial charge is 0.394 e. The van der Waals surface area contributed by atoms with Crippen LogP contribution >= 0.6 is 0 Å². The van der Waals surface area contributed by atoms with E-state index in [2.05, 4.69) is 10.1 Å². The molecule has 0 aromatic rings. The van der Waals surface area contributed by atoms with Gasteiger partial charge in [0.1, 0.15) is 0 Å². The van der Waals surface area contributed by atoms with Crippen molar-refractivity contribution in [2.45, 2.75) is 19.0 Å². The Balaban J connectivity index is 2.50. The molecule has 2 amide bonds. The van der Waals surface area contributed by atoms with Crippen molar-refractivity contribution in [2.75, 3.05) is 26.7 Å². The molecule has 1 aliphatic heterocycles. The minimum Gasteiger partial charge on any atom is -0.481 e. The molecule has 0 aromatic heterocycles. The van der Waals surface area contributed by atoms with Crippen molar-refractivity contribution in [1.29, 1.82) is 0 Å². The molecule has 2 atom stereocenters. The average Bonchev–Trinajstić information content (AvgIpc) is 2.88. The number of nitrogens with zero attached hydrogens (tertiary/aromatic N) is 1. The lowest BCUT2D eigenvalue weighted by atomic mass is 9.96. The molecular formula is C12H17F3N2O5. The zero-order chi connectivity index (χ0) is 16.9. The SMILES string of the molecule is COC(=O)CCCNC(=O)N1C[C@@H](C(F)(F)F)[C@H](C(=O)O)C1. The van der Waals surface area contributed by atoms with Crippen LogP contribution in [0.2, 0.25) is 0 Å². The summed E-state index contributed by atoms with van der Waals surface area (Å²) in [5, 5.41) is 11.2. The van der Waals surface area contributed by atoms with Gasteiger partial charge in [0.05, 0.1) is 18.9 Å². The summed E-state index contributed by atoms with van der Waals surface area (Å²) < 4.78 is 42.7. The third-order valence-corrected chi connectivity index (χ3v) is 3.41. The second kappa shape index (κ2) is 7.32. The fourth-order valence-corrected chi connectivity index (χ4v) is 2.19. The van der Waals surface area contributed by atoms with E-state index < -0.39 is 49.1 Å². The number of hydrogen-bond donors (Lipinski definition) is 2. The maximum Gasteiger partial charge on any atom is 0.394 e. The van der Waals surface area contributed by atoms with Gasteiger partial charge in [-0.1, -0.05) is 0 Å². The molecular weight excluding hydrogens is 309 g/mol.